The molecule has 0 spiro atoms. The van der Waals surface area contributed by atoms with Crippen LogP contribution in [0, 0.1) is 6.92 Å². The zero-order chi connectivity index (χ0) is 13.7. The summed E-state index contributed by atoms with van der Waals surface area (Å²) in [5.41, 5.74) is 4.70. The fraction of sp³-hybridized carbons (Fsp3) is 0.188. The van der Waals surface area contributed by atoms with Crippen molar-refractivity contribution in [1.82, 2.24) is 5.32 Å². The second kappa shape index (κ2) is 6.39. The molecule has 0 bridgehead atoms. The molecule has 0 heterocycles. The average molecular weight is 274 g/mol. The summed E-state index contributed by atoms with van der Waals surface area (Å²) in [4.78, 5) is 11.1. The van der Waals surface area contributed by atoms with Gasteiger partial charge in [0, 0.05) is 6.54 Å². The summed E-state index contributed by atoms with van der Waals surface area (Å²) in [5.74, 6) is -0.146. The molecule has 0 aliphatic rings. The minimum absolute atomic E-state index is 0.00107. The van der Waals surface area contributed by atoms with Gasteiger partial charge in [-0.2, -0.15) is 0 Å². The van der Waals surface area contributed by atoms with Crippen LogP contribution in [0.4, 0.5) is 0 Å². The van der Waals surface area contributed by atoms with Crippen molar-refractivity contribution in [3.63, 3.8) is 0 Å². The SMILES string of the molecule is Cc1cc(CNC(=O)CCl)ccc1-c1ccccc1. The van der Waals surface area contributed by atoms with E-state index in [4.69, 9.17) is 11.6 Å². The normalized spacial score (nSPS) is 10.2. The van der Waals surface area contributed by atoms with Gasteiger partial charge in [0.25, 0.3) is 0 Å². The number of nitrogens with one attached hydrogen (secondary N) is 1. The maximum absolute atomic E-state index is 11.1. The van der Waals surface area contributed by atoms with E-state index in [-0.39, 0.29) is 11.8 Å². The largest absolute Gasteiger partial charge is 0.351 e. The van der Waals surface area contributed by atoms with Crippen molar-refractivity contribution in [2.45, 2.75) is 13.5 Å². The van der Waals surface area contributed by atoms with Crippen LogP contribution < -0.4 is 5.32 Å². The molecule has 0 atom stereocenters. The number of alkyl halides is 1. The molecule has 0 radical (unpaired) electrons. The van der Waals surface area contributed by atoms with Crippen LogP contribution in [0.15, 0.2) is 48.5 Å². The Morgan fingerprint density at radius 2 is 1.89 bits per heavy atom. The average Bonchev–Trinajstić information content (AvgIpc) is 2.45. The standard InChI is InChI=1S/C16H16ClNO/c1-12-9-13(11-18-16(19)10-17)7-8-15(12)14-5-3-2-4-6-14/h2-9H,10-11H2,1H3,(H,18,19). The number of halogens is 1. The maximum atomic E-state index is 11.1. The second-order valence-corrected chi connectivity index (χ2v) is 4.69. The highest BCUT2D eigenvalue weighted by molar-refractivity contribution is 6.27. The van der Waals surface area contributed by atoms with Gasteiger partial charge in [0.2, 0.25) is 5.91 Å². The minimum atomic E-state index is -0.147. The van der Waals surface area contributed by atoms with E-state index in [9.17, 15) is 4.79 Å². The van der Waals surface area contributed by atoms with Gasteiger partial charge in [0.1, 0.15) is 5.88 Å². The zero-order valence-electron chi connectivity index (χ0n) is 10.8. The van der Waals surface area contributed by atoms with Crippen LogP contribution in [0.5, 0.6) is 0 Å². The summed E-state index contributed by atoms with van der Waals surface area (Å²) in [5, 5.41) is 2.76. The molecule has 98 valence electrons. The highest BCUT2D eigenvalue weighted by Gasteiger charge is 2.04. The number of benzene rings is 2. The topological polar surface area (TPSA) is 29.1 Å². The van der Waals surface area contributed by atoms with E-state index in [0.29, 0.717) is 6.54 Å². The number of hydrogen-bond donors (Lipinski definition) is 1. The van der Waals surface area contributed by atoms with Crippen LogP contribution in [0.3, 0.4) is 0 Å². The molecular weight excluding hydrogens is 258 g/mol. The number of hydrogen-bond acceptors (Lipinski definition) is 1. The van der Waals surface area contributed by atoms with Gasteiger partial charge in [-0.1, -0.05) is 48.5 Å². The fourth-order valence-electron chi connectivity index (χ4n) is 2.03. The molecule has 0 aromatic heterocycles. The van der Waals surface area contributed by atoms with Gasteiger partial charge in [0.15, 0.2) is 0 Å². The smallest absolute Gasteiger partial charge is 0.235 e. The van der Waals surface area contributed by atoms with E-state index in [1.165, 1.54) is 16.7 Å². The quantitative estimate of drug-likeness (QED) is 0.849. The third-order valence-corrected chi connectivity index (χ3v) is 3.23. The molecule has 2 aromatic rings. The van der Waals surface area contributed by atoms with Gasteiger partial charge < -0.3 is 5.32 Å². The molecule has 0 saturated carbocycles. The zero-order valence-corrected chi connectivity index (χ0v) is 11.6. The van der Waals surface area contributed by atoms with Crippen molar-refractivity contribution in [2.24, 2.45) is 0 Å². The predicted octanol–water partition coefficient (Wildman–Crippen LogP) is 3.52. The van der Waals surface area contributed by atoms with Gasteiger partial charge in [0.05, 0.1) is 0 Å². The van der Waals surface area contributed by atoms with E-state index in [0.717, 1.165) is 5.56 Å². The van der Waals surface area contributed by atoms with Crippen LogP contribution in [-0.2, 0) is 11.3 Å². The van der Waals surface area contributed by atoms with E-state index in [2.05, 4.69) is 36.5 Å². The van der Waals surface area contributed by atoms with Gasteiger partial charge >= 0.3 is 0 Å². The lowest BCUT2D eigenvalue weighted by atomic mass is 9.98. The molecule has 2 rings (SSSR count). The lowest BCUT2D eigenvalue weighted by Crippen LogP contribution is -2.23. The summed E-state index contributed by atoms with van der Waals surface area (Å²) in [6.07, 6.45) is 0. The Morgan fingerprint density at radius 1 is 1.16 bits per heavy atom. The monoisotopic (exact) mass is 273 g/mol. The first-order chi connectivity index (χ1) is 9.20. The predicted molar refractivity (Wildman–Crippen MR) is 79.2 cm³/mol. The molecule has 3 heteroatoms. The lowest BCUT2D eigenvalue weighted by Gasteiger charge is -2.09. The van der Waals surface area contributed by atoms with Gasteiger partial charge in [-0.15, -0.1) is 11.6 Å². The summed E-state index contributed by atoms with van der Waals surface area (Å²) < 4.78 is 0. The number of carbonyl (C=O) groups is 1. The van der Waals surface area contributed by atoms with Crippen molar-refractivity contribution in [3.05, 3.63) is 59.7 Å². The summed E-state index contributed by atoms with van der Waals surface area (Å²) in [6.45, 7) is 2.59. The third kappa shape index (κ3) is 3.58. The highest BCUT2D eigenvalue weighted by atomic mass is 35.5. The Bertz CT molecular complexity index is 566. The van der Waals surface area contributed by atoms with E-state index < -0.39 is 0 Å². The summed E-state index contributed by atoms with van der Waals surface area (Å²) in [7, 11) is 0. The van der Waals surface area contributed by atoms with Crippen LogP contribution in [-0.4, -0.2) is 11.8 Å². The van der Waals surface area contributed by atoms with Crippen molar-refractivity contribution in [3.8, 4) is 11.1 Å². The van der Waals surface area contributed by atoms with Crippen molar-refractivity contribution in [2.75, 3.05) is 5.88 Å². The van der Waals surface area contributed by atoms with Gasteiger partial charge in [-0.3, -0.25) is 4.79 Å². The molecule has 0 saturated heterocycles. The fourth-order valence-corrected chi connectivity index (χ4v) is 2.12. The molecule has 0 fully saturated rings. The Hall–Kier alpha value is -1.80. The first-order valence-corrected chi connectivity index (χ1v) is 6.72. The highest BCUT2D eigenvalue weighted by Crippen LogP contribution is 2.23. The van der Waals surface area contributed by atoms with E-state index in [1.54, 1.807) is 0 Å². The number of rotatable bonds is 4. The van der Waals surface area contributed by atoms with Crippen LogP contribution >= 0.6 is 11.6 Å². The second-order valence-electron chi connectivity index (χ2n) is 4.43. The molecular formula is C16H16ClNO. The third-order valence-electron chi connectivity index (χ3n) is 2.99. The molecule has 1 amide bonds. The first-order valence-electron chi connectivity index (χ1n) is 6.18. The van der Waals surface area contributed by atoms with Crippen LogP contribution in [0.2, 0.25) is 0 Å². The van der Waals surface area contributed by atoms with Crippen LogP contribution in [0.1, 0.15) is 11.1 Å². The molecule has 0 aliphatic carbocycles. The van der Waals surface area contributed by atoms with Crippen molar-refractivity contribution >= 4 is 17.5 Å². The van der Waals surface area contributed by atoms with Crippen molar-refractivity contribution in [1.29, 1.82) is 0 Å². The Kier molecular flexibility index (Phi) is 4.58. The summed E-state index contributed by atoms with van der Waals surface area (Å²) in [6, 6.07) is 16.5. The Balaban J connectivity index is 2.16. The molecule has 2 nitrogen and oxygen atoms in total. The van der Waals surface area contributed by atoms with Gasteiger partial charge in [-0.25, -0.2) is 0 Å². The molecule has 0 aliphatic heterocycles. The minimum Gasteiger partial charge on any atom is -0.351 e. The number of carbonyl (C=O) groups excluding carboxylic acids is 1. The number of amides is 1. The van der Waals surface area contributed by atoms with Gasteiger partial charge in [-0.05, 0) is 29.2 Å². The first kappa shape index (κ1) is 13.6. The van der Waals surface area contributed by atoms with Crippen molar-refractivity contribution < 1.29 is 4.79 Å². The summed E-state index contributed by atoms with van der Waals surface area (Å²) >= 11 is 5.44. The molecule has 2 aromatic carbocycles. The molecule has 19 heavy (non-hydrogen) atoms. The number of aryl methyl sites for hydroxylation is 1. The Labute approximate surface area is 118 Å². The van der Waals surface area contributed by atoms with E-state index in [1.807, 2.05) is 24.3 Å². The molecule has 1 N–H and O–H groups in total. The lowest BCUT2D eigenvalue weighted by molar-refractivity contribution is -0.118. The Morgan fingerprint density at radius 3 is 2.53 bits per heavy atom. The van der Waals surface area contributed by atoms with E-state index >= 15 is 0 Å². The van der Waals surface area contributed by atoms with Crippen LogP contribution in [0.25, 0.3) is 11.1 Å². The molecule has 0 unspecified atom stereocenters. The maximum Gasteiger partial charge on any atom is 0.235 e.